The molecule has 1 aliphatic rings. The molecule has 0 saturated heterocycles. The summed E-state index contributed by atoms with van der Waals surface area (Å²) >= 11 is 1.58. The number of benzene rings is 2. The fraction of sp³-hybridized carbons (Fsp3) is 0.250. The van der Waals surface area contributed by atoms with Gasteiger partial charge >= 0.3 is 0 Å². The summed E-state index contributed by atoms with van der Waals surface area (Å²) in [6, 6.07) is 15.6. The number of carbonyl (C=O) groups is 1. The van der Waals surface area contributed by atoms with Crippen LogP contribution in [0.25, 0.3) is 5.69 Å². The van der Waals surface area contributed by atoms with Crippen LogP contribution in [0.15, 0.2) is 48.5 Å². The summed E-state index contributed by atoms with van der Waals surface area (Å²) < 4.78 is 12.9. The molecule has 1 aliphatic heterocycles. The Morgan fingerprint density at radius 2 is 2.00 bits per heavy atom. The van der Waals surface area contributed by atoms with E-state index in [-0.39, 0.29) is 23.0 Å². The molecular formula is C24H23N3O3S. The maximum absolute atomic E-state index is 12.8. The molecule has 0 bridgehead atoms. The minimum atomic E-state index is -0.246. The topological polar surface area (TPSA) is 65.4 Å². The molecule has 0 unspecified atom stereocenters. The first-order chi connectivity index (χ1) is 15.0. The Labute approximate surface area is 185 Å². The third-order valence-corrected chi connectivity index (χ3v) is 6.52. The third kappa shape index (κ3) is 3.99. The number of para-hydroxylation sites is 1. The van der Waals surface area contributed by atoms with E-state index in [4.69, 9.17) is 21.0 Å². The van der Waals surface area contributed by atoms with Crippen molar-refractivity contribution in [3.63, 3.8) is 0 Å². The first-order valence-corrected chi connectivity index (χ1v) is 10.8. The number of rotatable bonds is 5. The zero-order chi connectivity index (χ0) is 22.0. The lowest BCUT2D eigenvalue weighted by molar-refractivity contribution is -0.115. The minimum absolute atomic E-state index is 0.0493. The molecule has 0 radical (unpaired) electrons. The van der Waals surface area contributed by atoms with E-state index >= 15 is 0 Å². The molecule has 4 rings (SSSR count). The summed E-state index contributed by atoms with van der Waals surface area (Å²) in [5.74, 6) is 4.29. The Morgan fingerprint density at radius 1 is 1.23 bits per heavy atom. The van der Waals surface area contributed by atoms with Gasteiger partial charge in [-0.15, -0.1) is 18.2 Å². The number of hydrogen-bond donors (Lipinski definition) is 1. The van der Waals surface area contributed by atoms with Gasteiger partial charge in [0.05, 0.1) is 29.0 Å². The molecule has 2 atom stereocenters. The highest BCUT2D eigenvalue weighted by Crippen LogP contribution is 2.47. The first-order valence-electron chi connectivity index (χ1n) is 9.89. The van der Waals surface area contributed by atoms with Gasteiger partial charge < -0.3 is 14.8 Å². The van der Waals surface area contributed by atoms with Crippen LogP contribution in [-0.4, -0.2) is 34.7 Å². The highest BCUT2D eigenvalue weighted by molar-refractivity contribution is 8.01. The van der Waals surface area contributed by atoms with Crippen molar-refractivity contribution in [1.29, 1.82) is 0 Å². The van der Waals surface area contributed by atoms with Crippen LogP contribution in [0.4, 0.5) is 5.82 Å². The molecule has 0 spiro atoms. The van der Waals surface area contributed by atoms with Crippen LogP contribution in [0.3, 0.4) is 0 Å². The fourth-order valence-corrected chi connectivity index (χ4v) is 4.93. The molecule has 158 valence electrons. The number of ether oxygens (including phenoxy) is 2. The predicted molar refractivity (Wildman–Crippen MR) is 123 cm³/mol. The van der Waals surface area contributed by atoms with E-state index in [1.54, 1.807) is 23.6 Å². The SMILES string of the molecule is C#CCOc1ccc([C@H]2S[C@@H](C)C(=O)Nc3c2c(C)nn3-c2ccccc2)cc1OC. The van der Waals surface area contributed by atoms with Gasteiger partial charge in [-0.1, -0.05) is 30.2 Å². The summed E-state index contributed by atoms with van der Waals surface area (Å²) in [6.45, 7) is 4.04. The average molecular weight is 434 g/mol. The van der Waals surface area contributed by atoms with Crippen LogP contribution < -0.4 is 14.8 Å². The van der Waals surface area contributed by atoms with Crippen molar-refractivity contribution in [3.05, 3.63) is 65.4 Å². The number of aromatic nitrogens is 2. The lowest BCUT2D eigenvalue weighted by atomic mass is 10.0. The largest absolute Gasteiger partial charge is 0.493 e. The van der Waals surface area contributed by atoms with Crippen LogP contribution in [0.5, 0.6) is 11.5 Å². The molecule has 1 amide bonds. The molecule has 1 aromatic heterocycles. The summed E-state index contributed by atoms with van der Waals surface area (Å²) in [4.78, 5) is 12.8. The number of anilines is 1. The smallest absolute Gasteiger partial charge is 0.238 e. The monoisotopic (exact) mass is 433 g/mol. The molecule has 0 fully saturated rings. The third-order valence-electron chi connectivity index (χ3n) is 5.12. The first kappa shape index (κ1) is 20.9. The van der Waals surface area contributed by atoms with Gasteiger partial charge in [0.2, 0.25) is 5.91 Å². The molecular weight excluding hydrogens is 410 g/mol. The van der Waals surface area contributed by atoms with Crippen LogP contribution in [0, 0.1) is 19.3 Å². The van der Waals surface area contributed by atoms with Crippen LogP contribution in [0.1, 0.15) is 29.0 Å². The van der Waals surface area contributed by atoms with Gasteiger partial charge in [0.15, 0.2) is 11.5 Å². The lowest BCUT2D eigenvalue weighted by Gasteiger charge is -2.19. The maximum atomic E-state index is 12.8. The van der Waals surface area contributed by atoms with Gasteiger partial charge in [0.25, 0.3) is 0 Å². The summed E-state index contributed by atoms with van der Waals surface area (Å²) in [5.41, 5.74) is 3.72. The number of nitrogens with zero attached hydrogens (tertiary/aromatic N) is 2. The van der Waals surface area contributed by atoms with Crippen molar-refractivity contribution in [3.8, 4) is 29.5 Å². The van der Waals surface area contributed by atoms with Crippen molar-refractivity contribution in [2.75, 3.05) is 19.0 Å². The summed E-state index contributed by atoms with van der Waals surface area (Å²) in [6.07, 6.45) is 5.31. The Morgan fingerprint density at radius 3 is 2.71 bits per heavy atom. The number of fused-ring (bicyclic) bond motifs is 1. The van der Waals surface area contributed by atoms with E-state index in [0.29, 0.717) is 17.3 Å². The Kier molecular flexibility index (Phi) is 5.92. The quantitative estimate of drug-likeness (QED) is 0.606. The Balaban J connectivity index is 1.84. The second-order valence-electron chi connectivity index (χ2n) is 7.15. The van der Waals surface area contributed by atoms with E-state index in [9.17, 15) is 4.79 Å². The molecule has 2 aromatic carbocycles. The van der Waals surface area contributed by atoms with Crippen LogP contribution in [0.2, 0.25) is 0 Å². The molecule has 0 aliphatic carbocycles. The van der Waals surface area contributed by atoms with Crippen molar-refractivity contribution < 1.29 is 14.3 Å². The van der Waals surface area contributed by atoms with Crippen LogP contribution >= 0.6 is 11.8 Å². The molecule has 6 nitrogen and oxygen atoms in total. The fourth-order valence-electron chi connectivity index (χ4n) is 3.61. The van der Waals surface area contributed by atoms with E-state index in [1.165, 1.54) is 0 Å². The summed E-state index contributed by atoms with van der Waals surface area (Å²) in [5, 5.41) is 7.48. The minimum Gasteiger partial charge on any atom is -0.493 e. The van der Waals surface area contributed by atoms with Gasteiger partial charge in [-0.2, -0.15) is 5.10 Å². The normalized spacial score (nSPS) is 17.8. The Bertz CT molecular complexity index is 1150. The maximum Gasteiger partial charge on any atom is 0.238 e. The number of hydrogen-bond acceptors (Lipinski definition) is 5. The van der Waals surface area contributed by atoms with Crippen molar-refractivity contribution in [2.45, 2.75) is 24.3 Å². The Hall–Kier alpha value is -3.37. The van der Waals surface area contributed by atoms with Crippen LogP contribution in [-0.2, 0) is 4.79 Å². The molecule has 31 heavy (non-hydrogen) atoms. The van der Waals surface area contributed by atoms with Crippen molar-refractivity contribution in [2.24, 2.45) is 0 Å². The zero-order valence-corrected chi connectivity index (χ0v) is 18.4. The molecule has 3 aromatic rings. The van der Waals surface area contributed by atoms with Gasteiger partial charge in [-0.25, -0.2) is 4.68 Å². The zero-order valence-electron chi connectivity index (χ0n) is 17.6. The molecule has 7 heteroatoms. The number of terminal acetylenes is 1. The number of carbonyl (C=O) groups excluding carboxylic acids is 1. The number of nitrogens with one attached hydrogen (secondary N) is 1. The number of amides is 1. The van der Waals surface area contributed by atoms with Crippen molar-refractivity contribution in [1.82, 2.24) is 9.78 Å². The average Bonchev–Trinajstić information content (AvgIpc) is 3.04. The van der Waals surface area contributed by atoms with E-state index in [1.807, 2.05) is 62.4 Å². The lowest BCUT2D eigenvalue weighted by Crippen LogP contribution is -2.22. The second kappa shape index (κ2) is 8.78. The summed E-state index contributed by atoms with van der Waals surface area (Å²) in [7, 11) is 1.60. The van der Waals surface area contributed by atoms with Gasteiger partial charge in [-0.3, -0.25) is 4.79 Å². The van der Waals surface area contributed by atoms with Gasteiger partial charge in [0.1, 0.15) is 12.4 Å². The standard InChI is InChI=1S/C24H23N3O3S/c1-5-13-30-19-12-11-17(14-20(19)29-4)22-21-15(2)26-27(18-9-7-6-8-10-18)23(21)25-24(28)16(3)31-22/h1,6-12,14,16,22H,13H2,2-4H3,(H,25,28)/t16-,22+/m0/s1. The highest BCUT2D eigenvalue weighted by Gasteiger charge is 2.34. The molecule has 1 N–H and O–H groups in total. The number of methoxy groups -OCH3 is 1. The van der Waals surface area contributed by atoms with E-state index in [2.05, 4.69) is 11.2 Å². The predicted octanol–water partition coefficient (Wildman–Crippen LogP) is 4.36. The van der Waals surface area contributed by atoms with Crippen molar-refractivity contribution >= 4 is 23.5 Å². The molecule has 0 saturated carbocycles. The van der Waals surface area contributed by atoms with E-state index < -0.39 is 0 Å². The van der Waals surface area contributed by atoms with Gasteiger partial charge in [-0.05, 0) is 43.7 Å². The van der Waals surface area contributed by atoms with Gasteiger partial charge in [0, 0.05) is 5.56 Å². The number of aryl methyl sites for hydroxylation is 1. The highest BCUT2D eigenvalue weighted by atomic mass is 32.2. The van der Waals surface area contributed by atoms with E-state index in [0.717, 1.165) is 22.5 Å². The molecule has 2 heterocycles. The number of thioether (sulfide) groups is 1. The second-order valence-corrected chi connectivity index (χ2v) is 8.60.